The van der Waals surface area contributed by atoms with E-state index >= 15 is 0 Å². The molecule has 1 amide bonds. The van der Waals surface area contributed by atoms with Crippen LogP contribution < -0.4 is 4.74 Å². The van der Waals surface area contributed by atoms with E-state index in [1.165, 1.54) is 19.1 Å². The molecule has 2 rings (SSSR count). The quantitative estimate of drug-likeness (QED) is 0.758. The molecule has 1 aromatic carbocycles. The molecular weight excluding hydrogens is 314 g/mol. The largest absolute Gasteiger partial charge is 0.497 e. The number of carbonyl (C=O) groups is 3. The van der Waals surface area contributed by atoms with Gasteiger partial charge in [0.25, 0.3) is 0 Å². The number of ether oxygens (including phenoxy) is 3. The average molecular weight is 333 g/mol. The van der Waals surface area contributed by atoms with E-state index in [1.54, 1.807) is 31.4 Å². The maximum atomic E-state index is 12.3. The Morgan fingerprint density at radius 1 is 1.00 bits per heavy atom. The molecule has 1 aliphatic rings. The molecule has 0 aromatic heterocycles. The van der Waals surface area contributed by atoms with E-state index in [0.717, 1.165) is 5.56 Å². The second-order valence-corrected chi connectivity index (χ2v) is 5.14. The van der Waals surface area contributed by atoms with Gasteiger partial charge >= 0.3 is 11.9 Å². The number of nitrogens with zero attached hydrogens (tertiary/aromatic N) is 1. The van der Waals surface area contributed by atoms with Crippen molar-refractivity contribution in [3.63, 3.8) is 0 Å². The molecule has 0 saturated carbocycles. The molecule has 0 spiro atoms. The monoisotopic (exact) mass is 333 g/mol. The standard InChI is InChI=1S/C17H19NO6/c1-22-12-6-4-11(5-7-12)10-18-14(19)9-8-13(16(20)23-2)15(18)17(21)24-3/h4-7H,8-10H2,1-3H3. The first-order valence-corrected chi connectivity index (χ1v) is 7.34. The lowest BCUT2D eigenvalue weighted by Crippen LogP contribution is -2.39. The molecule has 1 heterocycles. The minimum absolute atomic E-state index is 0.0589. The van der Waals surface area contributed by atoms with Gasteiger partial charge in [-0.25, -0.2) is 9.59 Å². The van der Waals surface area contributed by atoms with Gasteiger partial charge in [-0.2, -0.15) is 0 Å². The Bertz CT molecular complexity index is 677. The molecule has 7 nitrogen and oxygen atoms in total. The van der Waals surface area contributed by atoms with Crippen molar-refractivity contribution in [3.05, 3.63) is 41.1 Å². The van der Waals surface area contributed by atoms with Crippen LogP contribution in [-0.2, 0) is 30.4 Å². The molecule has 0 fully saturated rings. The highest BCUT2D eigenvalue weighted by atomic mass is 16.5. The van der Waals surface area contributed by atoms with Crippen molar-refractivity contribution in [2.24, 2.45) is 0 Å². The molecule has 1 aromatic rings. The summed E-state index contributed by atoms with van der Waals surface area (Å²) < 4.78 is 14.6. The predicted molar refractivity (Wildman–Crippen MR) is 83.8 cm³/mol. The summed E-state index contributed by atoms with van der Waals surface area (Å²) in [6.45, 7) is 0.147. The zero-order valence-corrected chi connectivity index (χ0v) is 13.8. The summed E-state index contributed by atoms with van der Waals surface area (Å²) in [5.74, 6) is -0.943. The van der Waals surface area contributed by atoms with Crippen LogP contribution in [0.25, 0.3) is 0 Å². The van der Waals surface area contributed by atoms with Crippen LogP contribution in [0.2, 0.25) is 0 Å². The Balaban J connectivity index is 2.40. The normalized spacial score (nSPS) is 14.5. The van der Waals surface area contributed by atoms with E-state index in [9.17, 15) is 14.4 Å². The van der Waals surface area contributed by atoms with Gasteiger partial charge in [0, 0.05) is 6.42 Å². The summed E-state index contributed by atoms with van der Waals surface area (Å²) >= 11 is 0. The maximum absolute atomic E-state index is 12.3. The van der Waals surface area contributed by atoms with Gasteiger partial charge in [0.2, 0.25) is 5.91 Å². The molecule has 128 valence electrons. The maximum Gasteiger partial charge on any atom is 0.355 e. The van der Waals surface area contributed by atoms with Crippen molar-refractivity contribution in [3.8, 4) is 5.75 Å². The second kappa shape index (κ2) is 7.63. The van der Waals surface area contributed by atoms with E-state index < -0.39 is 11.9 Å². The molecule has 24 heavy (non-hydrogen) atoms. The number of carbonyl (C=O) groups excluding carboxylic acids is 3. The number of hydrogen-bond acceptors (Lipinski definition) is 6. The number of amides is 1. The lowest BCUT2D eigenvalue weighted by molar-refractivity contribution is -0.145. The predicted octanol–water partition coefficient (Wildman–Crippen LogP) is 1.42. The molecule has 0 N–H and O–H groups in total. The third-order valence-corrected chi connectivity index (χ3v) is 3.76. The van der Waals surface area contributed by atoms with Gasteiger partial charge in [-0.1, -0.05) is 12.1 Å². The van der Waals surface area contributed by atoms with Crippen molar-refractivity contribution in [2.45, 2.75) is 19.4 Å². The van der Waals surface area contributed by atoms with Crippen LogP contribution in [0.15, 0.2) is 35.5 Å². The van der Waals surface area contributed by atoms with Gasteiger partial charge in [-0.3, -0.25) is 4.79 Å². The Labute approximate surface area is 139 Å². The minimum atomic E-state index is -0.739. The first kappa shape index (κ1) is 17.5. The smallest absolute Gasteiger partial charge is 0.355 e. The van der Waals surface area contributed by atoms with E-state index in [0.29, 0.717) is 5.75 Å². The SMILES string of the molecule is COC(=O)C1=C(C(=O)OC)N(Cc2ccc(OC)cc2)C(=O)CC1. The Hall–Kier alpha value is -2.83. The molecule has 0 unspecified atom stereocenters. The molecule has 1 aliphatic heterocycles. The fourth-order valence-electron chi connectivity index (χ4n) is 2.51. The van der Waals surface area contributed by atoms with E-state index in [2.05, 4.69) is 0 Å². The van der Waals surface area contributed by atoms with Gasteiger partial charge in [-0.05, 0) is 24.1 Å². The van der Waals surface area contributed by atoms with Gasteiger partial charge in [0.1, 0.15) is 11.4 Å². The lowest BCUT2D eigenvalue weighted by Gasteiger charge is -2.29. The van der Waals surface area contributed by atoms with Crippen molar-refractivity contribution in [1.29, 1.82) is 0 Å². The summed E-state index contributed by atoms with van der Waals surface area (Å²) in [6, 6.07) is 7.08. The van der Waals surface area contributed by atoms with E-state index in [4.69, 9.17) is 14.2 Å². The van der Waals surface area contributed by atoms with Gasteiger partial charge in [0.05, 0.1) is 33.4 Å². The fourth-order valence-corrected chi connectivity index (χ4v) is 2.51. The van der Waals surface area contributed by atoms with Gasteiger partial charge < -0.3 is 19.1 Å². The zero-order chi connectivity index (χ0) is 17.7. The first-order valence-electron chi connectivity index (χ1n) is 7.34. The molecule has 0 aliphatic carbocycles. The van der Waals surface area contributed by atoms with Crippen LogP contribution in [-0.4, -0.2) is 44.1 Å². The summed E-state index contributed by atoms with van der Waals surface area (Å²) in [6.07, 6.45) is 0.274. The molecule has 0 bridgehead atoms. The van der Waals surface area contributed by atoms with Crippen LogP contribution in [0, 0.1) is 0 Å². The van der Waals surface area contributed by atoms with E-state index in [-0.39, 0.29) is 36.6 Å². The number of hydrogen-bond donors (Lipinski definition) is 0. The summed E-state index contributed by atoms with van der Waals surface area (Å²) in [7, 11) is 3.99. The minimum Gasteiger partial charge on any atom is -0.497 e. The third-order valence-electron chi connectivity index (χ3n) is 3.76. The number of methoxy groups -OCH3 is 3. The van der Waals surface area contributed by atoms with E-state index in [1.807, 2.05) is 0 Å². The average Bonchev–Trinajstić information content (AvgIpc) is 2.62. The lowest BCUT2D eigenvalue weighted by atomic mass is 10.0. The second-order valence-electron chi connectivity index (χ2n) is 5.14. The van der Waals surface area contributed by atoms with Crippen LogP contribution in [0.4, 0.5) is 0 Å². The van der Waals surface area contributed by atoms with Crippen LogP contribution in [0.1, 0.15) is 18.4 Å². The topological polar surface area (TPSA) is 82.1 Å². The van der Waals surface area contributed by atoms with Crippen molar-refractivity contribution in [1.82, 2.24) is 4.90 Å². The van der Waals surface area contributed by atoms with Crippen molar-refractivity contribution in [2.75, 3.05) is 21.3 Å². The Kier molecular flexibility index (Phi) is 5.57. The fraction of sp³-hybridized carbons (Fsp3) is 0.353. The number of esters is 2. The Morgan fingerprint density at radius 3 is 2.17 bits per heavy atom. The molecule has 7 heteroatoms. The summed E-state index contributed by atoms with van der Waals surface area (Å²) in [5, 5.41) is 0. The zero-order valence-electron chi connectivity index (χ0n) is 13.8. The summed E-state index contributed by atoms with van der Waals surface area (Å²) in [4.78, 5) is 37.7. The third kappa shape index (κ3) is 3.56. The van der Waals surface area contributed by atoms with Crippen LogP contribution >= 0.6 is 0 Å². The molecule has 0 atom stereocenters. The highest BCUT2D eigenvalue weighted by Gasteiger charge is 2.35. The summed E-state index contributed by atoms with van der Waals surface area (Å²) in [5.41, 5.74) is 0.880. The van der Waals surface area contributed by atoms with Gasteiger partial charge in [0.15, 0.2) is 0 Å². The first-order chi connectivity index (χ1) is 11.5. The molecular formula is C17H19NO6. The van der Waals surface area contributed by atoms with Crippen LogP contribution in [0.5, 0.6) is 5.75 Å². The highest BCUT2D eigenvalue weighted by Crippen LogP contribution is 2.27. The Morgan fingerprint density at radius 2 is 1.62 bits per heavy atom. The number of rotatable bonds is 5. The highest BCUT2D eigenvalue weighted by molar-refractivity contribution is 6.04. The number of benzene rings is 1. The van der Waals surface area contributed by atoms with Crippen molar-refractivity contribution >= 4 is 17.8 Å². The molecule has 0 radical (unpaired) electrons. The molecule has 0 saturated heterocycles. The van der Waals surface area contributed by atoms with Gasteiger partial charge in [-0.15, -0.1) is 0 Å². The van der Waals surface area contributed by atoms with Crippen molar-refractivity contribution < 1.29 is 28.6 Å². The van der Waals surface area contributed by atoms with Crippen LogP contribution in [0.3, 0.4) is 0 Å².